The SMILES string of the molecule is CCNCc1cccc(NC(=O)CCCNc2ccc([N+](=O)[O-])cc2)c1. The van der Waals surface area contributed by atoms with Gasteiger partial charge in [0.1, 0.15) is 0 Å². The Morgan fingerprint density at radius 2 is 1.88 bits per heavy atom. The minimum Gasteiger partial charge on any atom is -0.385 e. The van der Waals surface area contributed by atoms with E-state index in [0.29, 0.717) is 19.4 Å². The number of non-ortho nitro benzene ring substituents is 1. The van der Waals surface area contributed by atoms with Crippen molar-refractivity contribution in [2.75, 3.05) is 23.7 Å². The summed E-state index contributed by atoms with van der Waals surface area (Å²) >= 11 is 0. The molecule has 7 nitrogen and oxygen atoms in total. The molecule has 0 aliphatic carbocycles. The number of nitrogens with zero attached hydrogens (tertiary/aromatic N) is 1. The van der Waals surface area contributed by atoms with Gasteiger partial charge in [0, 0.05) is 43.0 Å². The average Bonchev–Trinajstić information content (AvgIpc) is 2.64. The first kappa shape index (κ1) is 19.4. The Balaban J connectivity index is 1.71. The van der Waals surface area contributed by atoms with Crippen LogP contribution in [-0.2, 0) is 11.3 Å². The molecule has 0 fully saturated rings. The lowest BCUT2D eigenvalue weighted by atomic mass is 10.2. The average molecular weight is 356 g/mol. The predicted molar refractivity (Wildman–Crippen MR) is 103 cm³/mol. The van der Waals surface area contributed by atoms with Crippen molar-refractivity contribution in [3.05, 3.63) is 64.2 Å². The van der Waals surface area contributed by atoms with Crippen molar-refractivity contribution in [2.24, 2.45) is 0 Å². The molecule has 2 aromatic carbocycles. The van der Waals surface area contributed by atoms with Crippen molar-refractivity contribution >= 4 is 23.0 Å². The van der Waals surface area contributed by atoms with E-state index in [2.05, 4.69) is 22.9 Å². The number of nitrogens with one attached hydrogen (secondary N) is 3. The molecule has 3 N–H and O–H groups in total. The molecule has 0 aliphatic rings. The van der Waals surface area contributed by atoms with E-state index >= 15 is 0 Å². The molecule has 0 aromatic heterocycles. The summed E-state index contributed by atoms with van der Waals surface area (Å²) in [6.07, 6.45) is 1.07. The van der Waals surface area contributed by atoms with E-state index in [4.69, 9.17) is 0 Å². The van der Waals surface area contributed by atoms with Gasteiger partial charge in [0.15, 0.2) is 0 Å². The summed E-state index contributed by atoms with van der Waals surface area (Å²) in [6, 6.07) is 14.0. The third kappa shape index (κ3) is 6.52. The van der Waals surface area contributed by atoms with Crippen molar-refractivity contribution in [3.63, 3.8) is 0 Å². The molecule has 0 bridgehead atoms. The molecule has 2 rings (SSSR count). The van der Waals surface area contributed by atoms with E-state index in [9.17, 15) is 14.9 Å². The molecule has 0 heterocycles. The van der Waals surface area contributed by atoms with Crippen LogP contribution in [0.4, 0.5) is 17.1 Å². The van der Waals surface area contributed by atoms with Gasteiger partial charge in [0.25, 0.3) is 5.69 Å². The molecule has 0 aliphatic heterocycles. The highest BCUT2D eigenvalue weighted by Gasteiger charge is 2.05. The van der Waals surface area contributed by atoms with Crippen LogP contribution < -0.4 is 16.0 Å². The second-order valence-corrected chi connectivity index (χ2v) is 5.86. The van der Waals surface area contributed by atoms with E-state index in [-0.39, 0.29) is 11.6 Å². The standard InChI is InChI=1S/C19H24N4O3/c1-2-20-14-15-5-3-6-17(13-15)22-19(24)7-4-12-21-16-8-10-18(11-9-16)23(25)26/h3,5-6,8-11,13,20-21H,2,4,7,12,14H2,1H3,(H,22,24). The van der Waals surface area contributed by atoms with Crippen molar-refractivity contribution in [2.45, 2.75) is 26.3 Å². The highest BCUT2D eigenvalue weighted by molar-refractivity contribution is 5.90. The monoisotopic (exact) mass is 356 g/mol. The zero-order valence-electron chi connectivity index (χ0n) is 14.8. The lowest BCUT2D eigenvalue weighted by Gasteiger charge is -2.09. The van der Waals surface area contributed by atoms with Gasteiger partial charge >= 0.3 is 0 Å². The number of benzene rings is 2. The number of anilines is 2. The minimum absolute atomic E-state index is 0.0314. The summed E-state index contributed by atoms with van der Waals surface area (Å²) in [5, 5.41) is 19.9. The third-order valence-electron chi connectivity index (χ3n) is 3.78. The van der Waals surface area contributed by atoms with Gasteiger partial charge in [-0.2, -0.15) is 0 Å². The molecule has 26 heavy (non-hydrogen) atoms. The lowest BCUT2D eigenvalue weighted by molar-refractivity contribution is -0.384. The Morgan fingerprint density at radius 1 is 1.12 bits per heavy atom. The number of hydrogen-bond donors (Lipinski definition) is 3. The molecule has 1 amide bonds. The quantitative estimate of drug-likeness (QED) is 0.344. The number of carbonyl (C=O) groups excluding carboxylic acids is 1. The topological polar surface area (TPSA) is 96.3 Å². The molecule has 138 valence electrons. The molecule has 0 atom stereocenters. The molecule has 0 saturated heterocycles. The molecule has 0 unspecified atom stereocenters. The van der Waals surface area contributed by atoms with Crippen LogP contribution in [0.3, 0.4) is 0 Å². The van der Waals surface area contributed by atoms with Crippen LogP contribution in [0, 0.1) is 10.1 Å². The van der Waals surface area contributed by atoms with Gasteiger partial charge in [0.2, 0.25) is 5.91 Å². The Hall–Kier alpha value is -2.93. The largest absolute Gasteiger partial charge is 0.385 e. The van der Waals surface area contributed by atoms with Crippen LogP contribution in [-0.4, -0.2) is 23.9 Å². The Kier molecular flexibility index (Phi) is 7.57. The normalized spacial score (nSPS) is 10.3. The van der Waals surface area contributed by atoms with Crippen molar-refractivity contribution in [1.29, 1.82) is 0 Å². The fourth-order valence-corrected chi connectivity index (χ4v) is 2.43. The minimum atomic E-state index is -0.429. The first-order valence-electron chi connectivity index (χ1n) is 8.66. The second kappa shape index (κ2) is 10.1. The van der Waals surface area contributed by atoms with Crippen LogP contribution in [0.25, 0.3) is 0 Å². The highest BCUT2D eigenvalue weighted by Crippen LogP contribution is 2.15. The summed E-state index contributed by atoms with van der Waals surface area (Å²) in [5.41, 5.74) is 2.79. The maximum absolute atomic E-state index is 12.0. The first-order valence-corrected chi connectivity index (χ1v) is 8.66. The van der Waals surface area contributed by atoms with Crippen molar-refractivity contribution in [3.8, 4) is 0 Å². The van der Waals surface area contributed by atoms with Crippen molar-refractivity contribution in [1.82, 2.24) is 5.32 Å². The number of nitro groups is 1. The van der Waals surface area contributed by atoms with E-state index in [0.717, 1.165) is 30.0 Å². The van der Waals surface area contributed by atoms with Gasteiger partial charge in [-0.1, -0.05) is 19.1 Å². The van der Waals surface area contributed by atoms with Gasteiger partial charge in [-0.25, -0.2) is 0 Å². The van der Waals surface area contributed by atoms with Gasteiger partial charge in [-0.15, -0.1) is 0 Å². The molecular weight excluding hydrogens is 332 g/mol. The fourth-order valence-electron chi connectivity index (χ4n) is 2.43. The van der Waals surface area contributed by atoms with Crippen LogP contribution in [0.2, 0.25) is 0 Å². The maximum Gasteiger partial charge on any atom is 0.269 e. The predicted octanol–water partition coefficient (Wildman–Crippen LogP) is 3.54. The molecular formula is C19H24N4O3. The number of rotatable bonds is 10. The zero-order chi connectivity index (χ0) is 18.8. The van der Waals surface area contributed by atoms with Gasteiger partial charge in [0.05, 0.1) is 4.92 Å². The first-order chi connectivity index (χ1) is 12.6. The summed E-state index contributed by atoms with van der Waals surface area (Å²) in [6.45, 7) is 4.35. The number of carbonyl (C=O) groups is 1. The van der Waals surface area contributed by atoms with E-state index in [1.165, 1.54) is 12.1 Å². The number of amides is 1. The van der Waals surface area contributed by atoms with E-state index < -0.39 is 4.92 Å². The van der Waals surface area contributed by atoms with Crippen LogP contribution in [0.5, 0.6) is 0 Å². The summed E-state index contributed by atoms with van der Waals surface area (Å²) < 4.78 is 0. The highest BCUT2D eigenvalue weighted by atomic mass is 16.6. The van der Waals surface area contributed by atoms with Crippen molar-refractivity contribution < 1.29 is 9.72 Å². The second-order valence-electron chi connectivity index (χ2n) is 5.86. The molecule has 0 spiro atoms. The van der Waals surface area contributed by atoms with Crippen LogP contribution >= 0.6 is 0 Å². The van der Waals surface area contributed by atoms with Gasteiger partial charge in [-0.3, -0.25) is 14.9 Å². The Bertz CT molecular complexity index is 732. The summed E-state index contributed by atoms with van der Waals surface area (Å²) in [5.74, 6) is -0.0314. The third-order valence-corrected chi connectivity index (χ3v) is 3.78. The van der Waals surface area contributed by atoms with Gasteiger partial charge < -0.3 is 16.0 Å². The Morgan fingerprint density at radius 3 is 2.58 bits per heavy atom. The lowest BCUT2D eigenvalue weighted by Crippen LogP contribution is -2.14. The smallest absolute Gasteiger partial charge is 0.269 e. The molecule has 7 heteroatoms. The molecule has 0 radical (unpaired) electrons. The molecule has 0 saturated carbocycles. The number of nitro benzene ring substituents is 1. The zero-order valence-corrected chi connectivity index (χ0v) is 14.8. The Labute approximate surface area is 153 Å². The van der Waals surface area contributed by atoms with E-state index in [1.54, 1.807) is 12.1 Å². The van der Waals surface area contributed by atoms with Crippen LogP contribution in [0.1, 0.15) is 25.3 Å². The van der Waals surface area contributed by atoms with Crippen LogP contribution in [0.15, 0.2) is 48.5 Å². The van der Waals surface area contributed by atoms with Gasteiger partial charge in [-0.05, 0) is 42.8 Å². The number of hydrogen-bond acceptors (Lipinski definition) is 5. The molecule has 2 aromatic rings. The van der Waals surface area contributed by atoms with E-state index in [1.807, 2.05) is 24.3 Å². The summed E-state index contributed by atoms with van der Waals surface area (Å²) in [4.78, 5) is 22.2. The summed E-state index contributed by atoms with van der Waals surface area (Å²) in [7, 11) is 0. The maximum atomic E-state index is 12.0. The fraction of sp³-hybridized carbons (Fsp3) is 0.316.